The fraction of sp³-hybridized carbons (Fsp3) is 0.600. The van der Waals surface area contributed by atoms with Crippen LogP contribution in [0, 0.1) is 0 Å². The number of hydrogen-bond acceptors (Lipinski definition) is 4. The summed E-state index contributed by atoms with van der Waals surface area (Å²) in [6.07, 6.45) is 0.466. The van der Waals surface area contributed by atoms with E-state index >= 15 is 0 Å². The van der Waals surface area contributed by atoms with E-state index in [-0.39, 0.29) is 6.10 Å². The molecule has 2 rings (SSSR count). The van der Waals surface area contributed by atoms with Gasteiger partial charge >= 0.3 is 0 Å². The van der Waals surface area contributed by atoms with Crippen LogP contribution in [0.25, 0.3) is 0 Å². The average Bonchev–Trinajstić information content (AvgIpc) is 2.69. The van der Waals surface area contributed by atoms with Gasteiger partial charge in [-0.25, -0.2) is 0 Å². The molecule has 1 aliphatic heterocycles. The Bertz CT molecular complexity index is 397. The first-order valence-electron chi connectivity index (χ1n) is 6.69. The van der Waals surface area contributed by atoms with Crippen LogP contribution in [-0.2, 0) is 9.47 Å². The fourth-order valence-corrected chi connectivity index (χ4v) is 2.06. The molecule has 0 radical (unpaired) electrons. The molecule has 0 bridgehead atoms. The van der Waals surface area contributed by atoms with Gasteiger partial charge in [-0.1, -0.05) is 12.1 Å². The third-order valence-corrected chi connectivity index (χ3v) is 3.14. The van der Waals surface area contributed by atoms with E-state index in [1.165, 1.54) is 0 Å². The van der Waals surface area contributed by atoms with Gasteiger partial charge < -0.3 is 19.3 Å². The minimum Gasteiger partial charge on any atom is -0.493 e. The molecule has 0 amide bonds. The molecule has 2 atom stereocenters. The van der Waals surface area contributed by atoms with E-state index < -0.39 is 11.9 Å². The van der Waals surface area contributed by atoms with E-state index in [0.717, 1.165) is 17.7 Å². The fourth-order valence-electron chi connectivity index (χ4n) is 2.06. The van der Waals surface area contributed by atoms with Crippen LogP contribution in [0.15, 0.2) is 24.3 Å². The summed E-state index contributed by atoms with van der Waals surface area (Å²) < 4.78 is 16.8. The molecule has 1 aliphatic rings. The van der Waals surface area contributed by atoms with Gasteiger partial charge in [0.2, 0.25) is 0 Å². The van der Waals surface area contributed by atoms with Crippen LogP contribution in [0.2, 0.25) is 0 Å². The molecule has 0 aromatic heterocycles. The minimum atomic E-state index is -0.469. The van der Waals surface area contributed by atoms with Gasteiger partial charge in [-0.05, 0) is 38.5 Å². The van der Waals surface area contributed by atoms with Crippen LogP contribution in [0.3, 0.4) is 0 Å². The SMILES string of the molecule is CC(O)c1ccc(OCCC2COC(C)(C)O2)cc1. The van der Waals surface area contributed by atoms with Crippen molar-refractivity contribution in [1.82, 2.24) is 0 Å². The summed E-state index contributed by atoms with van der Waals surface area (Å²) in [6, 6.07) is 7.49. The number of rotatable bonds is 5. The van der Waals surface area contributed by atoms with Gasteiger partial charge in [0.05, 0.1) is 25.4 Å². The zero-order chi connectivity index (χ0) is 13.9. The maximum absolute atomic E-state index is 9.41. The number of benzene rings is 1. The largest absolute Gasteiger partial charge is 0.493 e. The molecule has 1 fully saturated rings. The Morgan fingerprint density at radius 1 is 1.37 bits per heavy atom. The van der Waals surface area contributed by atoms with Crippen LogP contribution >= 0.6 is 0 Å². The number of aliphatic hydroxyl groups excluding tert-OH is 1. The molecule has 106 valence electrons. The molecule has 19 heavy (non-hydrogen) atoms. The summed E-state index contributed by atoms with van der Waals surface area (Å²) in [5, 5.41) is 9.41. The zero-order valence-electron chi connectivity index (χ0n) is 11.8. The van der Waals surface area contributed by atoms with Crippen molar-refractivity contribution in [2.75, 3.05) is 13.2 Å². The monoisotopic (exact) mass is 266 g/mol. The first-order chi connectivity index (χ1) is 8.96. The smallest absolute Gasteiger partial charge is 0.163 e. The first kappa shape index (κ1) is 14.3. The Hall–Kier alpha value is -1.10. The maximum Gasteiger partial charge on any atom is 0.163 e. The predicted octanol–water partition coefficient (Wildman–Crippen LogP) is 2.66. The van der Waals surface area contributed by atoms with Crippen molar-refractivity contribution in [3.05, 3.63) is 29.8 Å². The van der Waals surface area contributed by atoms with E-state index in [9.17, 15) is 5.11 Å². The lowest BCUT2D eigenvalue weighted by molar-refractivity contribution is -0.139. The highest BCUT2D eigenvalue weighted by atomic mass is 16.7. The van der Waals surface area contributed by atoms with Gasteiger partial charge in [0.25, 0.3) is 0 Å². The first-order valence-corrected chi connectivity index (χ1v) is 6.69. The molecule has 1 aromatic carbocycles. The summed E-state index contributed by atoms with van der Waals surface area (Å²) in [4.78, 5) is 0. The second-order valence-corrected chi connectivity index (χ2v) is 5.33. The van der Waals surface area contributed by atoms with Crippen LogP contribution < -0.4 is 4.74 Å². The van der Waals surface area contributed by atoms with E-state index in [4.69, 9.17) is 14.2 Å². The predicted molar refractivity (Wildman–Crippen MR) is 72.1 cm³/mol. The highest BCUT2D eigenvalue weighted by Crippen LogP contribution is 2.24. The molecule has 1 saturated heterocycles. The zero-order valence-corrected chi connectivity index (χ0v) is 11.8. The summed E-state index contributed by atoms with van der Waals surface area (Å²) in [6.45, 7) is 6.80. The second kappa shape index (κ2) is 5.90. The van der Waals surface area contributed by atoms with Crippen molar-refractivity contribution >= 4 is 0 Å². The molecule has 4 nitrogen and oxygen atoms in total. The molecule has 1 aromatic rings. The van der Waals surface area contributed by atoms with Crippen molar-refractivity contribution < 1.29 is 19.3 Å². The molecule has 1 N–H and O–H groups in total. The van der Waals surface area contributed by atoms with Crippen molar-refractivity contribution in [3.8, 4) is 5.75 Å². The Kier molecular flexibility index (Phi) is 4.45. The van der Waals surface area contributed by atoms with E-state index in [2.05, 4.69) is 0 Å². The molecule has 0 saturated carbocycles. The normalized spacial score (nSPS) is 23.3. The number of hydrogen-bond donors (Lipinski definition) is 1. The summed E-state index contributed by atoms with van der Waals surface area (Å²) in [7, 11) is 0. The van der Waals surface area contributed by atoms with Crippen molar-refractivity contribution in [1.29, 1.82) is 0 Å². The van der Waals surface area contributed by atoms with Gasteiger partial charge in [0.1, 0.15) is 5.75 Å². The van der Waals surface area contributed by atoms with E-state index in [0.29, 0.717) is 13.2 Å². The molecule has 2 unspecified atom stereocenters. The average molecular weight is 266 g/mol. The van der Waals surface area contributed by atoms with Gasteiger partial charge in [0.15, 0.2) is 5.79 Å². The highest BCUT2D eigenvalue weighted by Gasteiger charge is 2.32. The molecular weight excluding hydrogens is 244 g/mol. The van der Waals surface area contributed by atoms with Crippen LogP contribution in [0.4, 0.5) is 0 Å². The lowest BCUT2D eigenvalue weighted by atomic mass is 10.1. The van der Waals surface area contributed by atoms with Crippen LogP contribution in [0.1, 0.15) is 38.9 Å². The third kappa shape index (κ3) is 4.20. The maximum atomic E-state index is 9.41. The highest BCUT2D eigenvalue weighted by molar-refractivity contribution is 5.28. The minimum absolute atomic E-state index is 0.103. The van der Waals surface area contributed by atoms with Crippen molar-refractivity contribution in [3.63, 3.8) is 0 Å². The van der Waals surface area contributed by atoms with Crippen molar-refractivity contribution in [2.45, 2.75) is 45.2 Å². The molecule has 0 aliphatic carbocycles. The van der Waals surface area contributed by atoms with E-state index in [1.54, 1.807) is 6.92 Å². The Morgan fingerprint density at radius 2 is 2.05 bits per heavy atom. The molecular formula is C15H22O4. The summed E-state index contributed by atoms with van der Waals surface area (Å²) in [5.41, 5.74) is 0.890. The van der Waals surface area contributed by atoms with Gasteiger partial charge in [0, 0.05) is 6.42 Å². The second-order valence-electron chi connectivity index (χ2n) is 5.33. The molecule has 4 heteroatoms. The Balaban J connectivity index is 1.74. The Morgan fingerprint density at radius 3 is 2.58 bits per heavy atom. The number of ether oxygens (including phenoxy) is 3. The standard InChI is InChI=1S/C15H22O4/c1-11(16)12-4-6-13(7-5-12)17-9-8-14-10-18-15(2,3)19-14/h4-7,11,14,16H,8-10H2,1-3H3. The number of aliphatic hydroxyl groups is 1. The van der Waals surface area contributed by atoms with Gasteiger partial charge in [-0.15, -0.1) is 0 Å². The van der Waals surface area contributed by atoms with E-state index in [1.807, 2.05) is 38.1 Å². The topological polar surface area (TPSA) is 47.9 Å². The summed E-state index contributed by atoms with van der Waals surface area (Å²) in [5.74, 6) is 0.339. The lowest BCUT2D eigenvalue weighted by Crippen LogP contribution is -2.22. The van der Waals surface area contributed by atoms with Crippen LogP contribution in [-0.4, -0.2) is 30.2 Å². The van der Waals surface area contributed by atoms with Crippen LogP contribution in [0.5, 0.6) is 5.75 Å². The summed E-state index contributed by atoms with van der Waals surface area (Å²) >= 11 is 0. The lowest BCUT2D eigenvalue weighted by Gasteiger charge is -2.17. The molecule has 1 heterocycles. The molecule has 0 spiro atoms. The Labute approximate surface area is 114 Å². The third-order valence-electron chi connectivity index (χ3n) is 3.14. The quantitative estimate of drug-likeness (QED) is 0.890. The van der Waals surface area contributed by atoms with Gasteiger partial charge in [-0.2, -0.15) is 0 Å². The van der Waals surface area contributed by atoms with Crippen molar-refractivity contribution in [2.24, 2.45) is 0 Å². The van der Waals surface area contributed by atoms with Gasteiger partial charge in [-0.3, -0.25) is 0 Å².